The maximum Gasteiger partial charge on any atom is 0.137 e. The molecule has 2 atom stereocenters. The van der Waals surface area contributed by atoms with Gasteiger partial charge in [-0.1, -0.05) is 201 Å². The molecule has 1 rings (SSSR count). The van der Waals surface area contributed by atoms with Gasteiger partial charge in [0.2, 0.25) is 0 Å². The third-order valence-electron chi connectivity index (χ3n) is 8.01. The molecule has 1 nitrogen and oxygen atoms in total. The van der Waals surface area contributed by atoms with Gasteiger partial charge < -0.3 is 4.74 Å². The standard InChI is InChI=1S/C35H63BrO/c1-3-5-7-9-10-11-12-13-14-15-16-17-18-19-20-23-28-33(27-22-8-6-4-2)29-26-32-37-35(36)34-30-24-21-25-31-34/h21,24-25,30-31,33,35H,3-20,22-23,26-29,32H2,1-2H3. The monoisotopic (exact) mass is 578 g/mol. The third kappa shape index (κ3) is 22.2. The minimum atomic E-state index is 0.0250. The average Bonchev–Trinajstić information content (AvgIpc) is 2.93. The molecule has 0 bridgehead atoms. The van der Waals surface area contributed by atoms with Gasteiger partial charge in [-0.25, -0.2) is 0 Å². The Morgan fingerprint density at radius 1 is 0.514 bits per heavy atom. The summed E-state index contributed by atoms with van der Waals surface area (Å²) < 4.78 is 6.07. The van der Waals surface area contributed by atoms with Gasteiger partial charge in [0.05, 0.1) is 0 Å². The van der Waals surface area contributed by atoms with E-state index in [0.29, 0.717) is 0 Å². The Bertz CT molecular complexity index is 560. The first kappa shape index (κ1) is 34.7. The Kier molecular flexibility index (Phi) is 25.5. The van der Waals surface area contributed by atoms with E-state index in [2.05, 4.69) is 60.1 Å². The molecule has 0 radical (unpaired) electrons. The van der Waals surface area contributed by atoms with Gasteiger partial charge in [-0.15, -0.1) is 0 Å². The number of unbranched alkanes of at least 4 members (excludes halogenated alkanes) is 18. The summed E-state index contributed by atoms with van der Waals surface area (Å²) >= 11 is 3.70. The fraction of sp³-hybridized carbons (Fsp3) is 0.829. The average molecular weight is 580 g/mol. The molecule has 1 aromatic rings. The molecule has 1 aromatic carbocycles. The summed E-state index contributed by atoms with van der Waals surface area (Å²) in [6, 6.07) is 10.5. The van der Waals surface area contributed by atoms with Crippen LogP contribution in [0.5, 0.6) is 0 Å². The normalized spacial score (nSPS) is 13.2. The van der Waals surface area contributed by atoms with Gasteiger partial charge in [0, 0.05) is 6.61 Å². The van der Waals surface area contributed by atoms with Crippen molar-refractivity contribution in [3.8, 4) is 0 Å². The number of rotatable bonds is 28. The summed E-state index contributed by atoms with van der Waals surface area (Å²) in [6.07, 6.45) is 34.2. The maximum absolute atomic E-state index is 6.07. The lowest BCUT2D eigenvalue weighted by Crippen LogP contribution is -2.05. The molecule has 0 saturated carbocycles. The van der Waals surface area contributed by atoms with Crippen LogP contribution in [0.25, 0.3) is 0 Å². The van der Waals surface area contributed by atoms with Crippen molar-refractivity contribution >= 4 is 15.9 Å². The van der Waals surface area contributed by atoms with E-state index in [1.165, 1.54) is 160 Å². The van der Waals surface area contributed by atoms with Gasteiger partial charge >= 0.3 is 0 Å². The van der Waals surface area contributed by atoms with Crippen molar-refractivity contribution in [3.63, 3.8) is 0 Å². The van der Waals surface area contributed by atoms with Gasteiger partial charge in [-0.3, -0.25) is 0 Å². The first-order valence-electron chi connectivity index (χ1n) is 16.6. The molecule has 0 spiro atoms. The van der Waals surface area contributed by atoms with Gasteiger partial charge in [-0.05, 0) is 24.3 Å². The summed E-state index contributed by atoms with van der Waals surface area (Å²) in [4.78, 5) is 0. The number of hydrogen-bond acceptors (Lipinski definition) is 1. The summed E-state index contributed by atoms with van der Waals surface area (Å²) in [5.74, 6) is 0.901. The minimum Gasteiger partial charge on any atom is -0.362 e. The molecule has 0 heterocycles. The molecule has 2 heteroatoms. The molecular weight excluding hydrogens is 516 g/mol. The minimum absolute atomic E-state index is 0.0250. The number of ether oxygens (including phenoxy) is 1. The Hall–Kier alpha value is -0.340. The van der Waals surface area contributed by atoms with Gasteiger partial charge in [0.1, 0.15) is 5.01 Å². The molecule has 0 aromatic heterocycles. The van der Waals surface area contributed by atoms with E-state index < -0.39 is 0 Å². The van der Waals surface area contributed by atoms with E-state index in [1.54, 1.807) is 0 Å². The van der Waals surface area contributed by atoms with Crippen LogP contribution in [0.1, 0.15) is 179 Å². The van der Waals surface area contributed by atoms with Crippen molar-refractivity contribution in [1.82, 2.24) is 0 Å². The number of benzene rings is 1. The van der Waals surface area contributed by atoms with Crippen molar-refractivity contribution < 1.29 is 4.74 Å². The Balaban J connectivity index is 2.02. The third-order valence-corrected chi connectivity index (χ3v) is 8.81. The van der Waals surface area contributed by atoms with Crippen LogP contribution in [0.2, 0.25) is 0 Å². The lowest BCUT2D eigenvalue weighted by molar-refractivity contribution is 0.110. The second-order valence-corrected chi connectivity index (χ2v) is 12.4. The summed E-state index contributed by atoms with van der Waals surface area (Å²) in [5, 5.41) is 0.0250. The van der Waals surface area contributed by atoms with Crippen LogP contribution in [-0.4, -0.2) is 6.61 Å². The Labute approximate surface area is 241 Å². The lowest BCUT2D eigenvalue weighted by Gasteiger charge is -2.18. The van der Waals surface area contributed by atoms with Gasteiger partial charge in [0.15, 0.2) is 0 Å². The Morgan fingerprint density at radius 3 is 1.35 bits per heavy atom. The predicted molar refractivity (Wildman–Crippen MR) is 170 cm³/mol. The first-order chi connectivity index (χ1) is 18.3. The second kappa shape index (κ2) is 27.2. The molecule has 37 heavy (non-hydrogen) atoms. The zero-order valence-corrected chi connectivity index (χ0v) is 26.6. The maximum atomic E-state index is 6.07. The summed E-state index contributed by atoms with van der Waals surface area (Å²) in [5.41, 5.74) is 1.21. The van der Waals surface area contributed by atoms with E-state index in [-0.39, 0.29) is 5.01 Å². The van der Waals surface area contributed by atoms with Gasteiger partial charge in [0.25, 0.3) is 0 Å². The Morgan fingerprint density at radius 2 is 0.892 bits per heavy atom. The fourth-order valence-corrected chi connectivity index (χ4v) is 6.03. The summed E-state index contributed by atoms with van der Waals surface area (Å²) in [6.45, 7) is 5.47. The van der Waals surface area contributed by atoms with Crippen molar-refractivity contribution in [2.75, 3.05) is 6.61 Å². The second-order valence-electron chi connectivity index (χ2n) is 11.5. The zero-order valence-electron chi connectivity index (χ0n) is 25.0. The lowest BCUT2D eigenvalue weighted by atomic mass is 9.90. The fourth-order valence-electron chi connectivity index (χ4n) is 5.53. The number of halogens is 1. The zero-order chi connectivity index (χ0) is 26.7. The molecule has 2 unspecified atom stereocenters. The van der Waals surface area contributed by atoms with Crippen molar-refractivity contribution in [1.29, 1.82) is 0 Å². The predicted octanol–water partition coefficient (Wildman–Crippen LogP) is 13.1. The van der Waals surface area contributed by atoms with Crippen LogP contribution in [0, 0.1) is 5.92 Å². The smallest absolute Gasteiger partial charge is 0.137 e. The molecule has 0 aliphatic heterocycles. The van der Waals surface area contributed by atoms with Crippen molar-refractivity contribution in [2.45, 2.75) is 173 Å². The van der Waals surface area contributed by atoms with E-state index in [9.17, 15) is 0 Å². The number of alkyl halides is 1. The molecule has 0 N–H and O–H groups in total. The largest absolute Gasteiger partial charge is 0.362 e. The first-order valence-corrected chi connectivity index (χ1v) is 17.5. The van der Waals surface area contributed by atoms with Crippen LogP contribution in [0.3, 0.4) is 0 Å². The van der Waals surface area contributed by atoms with Crippen LogP contribution in [-0.2, 0) is 4.74 Å². The SMILES string of the molecule is CCCCCCCCCCCCCCCCCCC(CCCCCC)CCCOC(Br)c1ccccc1. The van der Waals surface area contributed by atoms with E-state index in [1.807, 2.05) is 0 Å². The molecule has 0 amide bonds. The summed E-state index contributed by atoms with van der Waals surface area (Å²) in [7, 11) is 0. The topological polar surface area (TPSA) is 9.23 Å². The quantitative estimate of drug-likeness (QED) is 0.0709. The number of hydrogen-bond donors (Lipinski definition) is 0. The van der Waals surface area contributed by atoms with E-state index >= 15 is 0 Å². The van der Waals surface area contributed by atoms with Crippen LogP contribution in [0.4, 0.5) is 0 Å². The highest BCUT2D eigenvalue weighted by Crippen LogP contribution is 2.26. The highest BCUT2D eigenvalue weighted by Gasteiger charge is 2.11. The van der Waals surface area contributed by atoms with Crippen molar-refractivity contribution in [3.05, 3.63) is 35.9 Å². The van der Waals surface area contributed by atoms with E-state index in [0.717, 1.165) is 12.5 Å². The molecular formula is C35H63BrO. The highest BCUT2D eigenvalue weighted by atomic mass is 79.9. The van der Waals surface area contributed by atoms with E-state index in [4.69, 9.17) is 4.74 Å². The molecule has 0 aliphatic rings. The van der Waals surface area contributed by atoms with Crippen LogP contribution in [0.15, 0.2) is 30.3 Å². The van der Waals surface area contributed by atoms with Crippen molar-refractivity contribution in [2.24, 2.45) is 5.92 Å². The van der Waals surface area contributed by atoms with Crippen LogP contribution < -0.4 is 0 Å². The molecule has 216 valence electrons. The molecule has 0 saturated heterocycles. The molecule has 0 fully saturated rings. The molecule has 0 aliphatic carbocycles. The van der Waals surface area contributed by atoms with Gasteiger partial charge in [-0.2, -0.15) is 0 Å². The highest BCUT2D eigenvalue weighted by molar-refractivity contribution is 9.09. The van der Waals surface area contributed by atoms with Crippen LogP contribution >= 0.6 is 15.9 Å².